The molecule has 0 spiro atoms. The first-order chi connectivity index (χ1) is 14.9. The van der Waals surface area contributed by atoms with Gasteiger partial charge in [0.25, 0.3) is 15.9 Å². The molecular formula is C22H31N3O5S. The maximum atomic E-state index is 12.7. The first kappa shape index (κ1) is 23.2. The largest absolute Gasteiger partial charge is 0.456 e. The van der Waals surface area contributed by atoms with Crippen molar-refractivity contribution in [2.75, 3.05) is 18.5 Å². The summed E-state index contributed by atoms with van der Waals surface area (Å²) in [6, 6.07) is 5.97. The molecule has 9 heteroatoms. The van der Waals surface area contributed by atoms with Crippen LogP contribution >= 0.6 is 0 Å². The minimum atomic E-state index is -3.79. The minimum absolute atomic E-state index is 0.0338. The zero-order chi connectivity index (χ0) is 22.1. The van der Waals surface area contributed by atoms with Gasteiger partial charge in [-0.1, -0.05) is 31.7 Å². The SMILES string of the molecule is O=C(COC(=O)CC1CCCCC1)Nc1cccc(S(=O)(=O)NC2=NCCCCC2)c1. The van der Waals surface area contributed by atoms with Crippen LogP contribution in [0.4, 0.5) is 5.69 Å². The van der Waals surface area contributed by atoms with E-state index in [9.17, 15) is 18.0 Å². The van der Waals surface area contributed by atoms with Gasteiger partial charge in [0, 0.05) is 25.1 Å². The van der Waals surface area contributed by atoms with E-state index < -0.39 is 22.5 Å². The Labute approximate surface area is 183 Å². The number of carbonyl (C=O) groups is 2. The number of hydrogen-bond donors (Lipinski definition) is 2. The molecule has 1 aromatic rings. The quantitative estimate of drug-likeness (QED) is 0.620. The van der Waals surface area contributed by atoms with Crippen molar-refractivity contribution in [1.29, 1.82) is 0 Å². The van der Waals surface area contributed by atoms with Crippen LogP contribution in [0.15, 0.2) is 34.2 Å². The minimum Gasteiger partial charge on any atom is -0.456 e. The predicted octanol–water partition coefficient (Wildman–Crippen LogP) is 3.39. The highest BCUT2D eigenvalue weighted by Gasteiger charge is 2.20. The van der Waals surface area contributed by atoms with Crippen LogP contribution in [0.1, 0.15) is 64.2 Å². The van der Waals surface area contributed by atoms with Crippen molar-refractivity contribution in [3.8, 4) is 0 Å². The van der Waals surface area contributed by atoms with E-state index in [4.69, 9.17) is 4.74 Å². The van der Waals surface area contributed by atoms with Crippen molar-refractivity contribution in [3.05, 3.63) is 24.3 Å². The molecule has 1 fully saturated rings. The van der Waals surface area contributed by atoms with E-state index in [-0.39, 0.29) is 10.9 Å². The van der Waals surface area contributed by atoms with Crippen molar-refractivity contribution in [2.24, 2.45) is 10.9 Å². The number of amidine groups is 1. The van der Waals surface area contributed by atoms with Crippen LogP contribution in [0.2, 0.25) is 0 Å². The lowest BCUT2D eigenvalue weighted by atomic mass is 9.87. The molecule has 3 rings (SSSR count). The molecule has 1 heterocycles. The maximum absolute atomic E-state index is 12.7. The summed E-state index contributed by atoms with van der Waals surface area (Å²) >= 11 is 0. The Kier molecular flexibility index (Phi) is 8.45. The first-order valence-electron chi connectivity index (χ1n) is 11.0. The van der Waals surface area contributed by atoms with Gasteiger partial charge < -0.3 is 10.1 Å². The molecule has 8 nitrogen and oxygen atoms in total. The van der Waals surface area contributed by atoms with Gasteiger partial charge in [0.1, 0.15) is 5.84 Å². The Hall–Kier alpha value is -2.42. The smallest absolute Gasteiger partial charge is 0.306 e. The van der Waals surface area contributed by atoms with E-state index in [0.717, 1.165) is 44.9 Å². The standard InChI is InChI=1S/C22H31N3O5S/c26-21(16-30-22(27)14-17-8-3-1-4-9-17)24-18-10-7-11-19(15-18)31(28,29)25-20-12-5-2-6-13-23-20/h7,10-11,15,17H,1-6,8-9,12-14,16H2,(H,23,25)(H,24,26). The summed E-state index contributed by atoms with van der Waals surface area (Å²) in [6.45, 7) is 0.227. The van der Waals surface area contributed by atoms with E-state index in [1.54, 1.807) is 12.1 Å². The number of nitrogens with one attached hydrogen (secondary N) is 2. The Morgan fingerprint density at radius 1 is 1.06 bits per heavy atom. The number of ether oxygens (including phenoxy) is 1. The van der Waals surface area contributed by atoms with E-state index in [1.807, 2.05) is 0 Å². The molecule has 1 amide bonds. The molecule has 31 heavy (non-hydrogen) atoms. The zero-order valence-electron chi connectivity index (χ0n) is 17.8. The van der Waals surface area contributed by atoms with Gasteiger partial charge in [0.2, 0.25) is 0 Å². The monoisotopic (exact) mass is 449 g/mol. The highest BCUT2D eigenvalue weighted by Crippen LogP contribution is 2.26. The number of benzene rings is 1. The fourth-order valence-corrected chi connectivity index (χ4v) is 5.08. The van der Waals surface area contributed by atoms with Gasteiger partial charge in [0.05, 0.1) is 4.90 Å². The molecule has 170 valence electrons. The van der Waals surface area contributed by atoms with Crippen LogP contribution in [0, 0.1) is 5.92 Å². The molecule has 2 N–H and O–H groups in total. The lowest BCUT2D eigenvalue weighted by Crippen LogP contribution is -2.30. The first-order valence-corrected chi connectivity index (χ1v) is 12.5. The second-order valence-corrected chi connectivity index (χ2v) is 9.87. The van der Waals surface area contributed by atoms with Crippen LogP contribution in [0.3, 0.4) is 0 Å². The van der Waals surface area contributed by atoms with Crippen molar-refractivity contribution in [3.63, 3.8) is 0 Å². The van der Waals surface area contributed by atoms with Gasteiger partial charge in [-0.25, -0.2) is 8.42 Å². The summed E-state index contributed by atoms with van der Waals surface area (Å²) < 4.78 is 33.0. The highest BCUT2D eigenvalue weighted by molar-refractivity contribution is 7.90. The molecule has 1 aromatic carbocycles. The molecule has 1 aliphatic carbocycles. The van der Waals surface area contributed by atoms with Gasteiger partial charge in [-0.3, -0.25) is 19.3 Å². The number of esters is 1. The fraction of sp³-hybridized carbons (Fsp3) is 0.591. The van der Waals surface area contributed by atoms with Crippen molar-refractivity contribution < 1.29 is 22.7 Å². The van der Waals surface area contributed by atoms with E-state index >= 15 is 0 Å². The molecular weight excluding hydrogens is 418 g/mol. The molecule has 0 radical (unpaired) electrons. The number of hydrogen-bond acceptors (Lipinski definition) is 6. The number of sulfonamides is 1. The van der Waals surface area contributed by atoms with Gasteiger partial charge in [-0.05, 0) is 49.8 Å². The van der Waals surface area contributed by atoms with Crippen molar-refractivity contribution in [2.45, 2.75) is 69.1 Å². The number of amides is 1. The zero-order valence-corrected chi connectivity index (χ0v) is 18.6. The summed E-state index contributed by atoms with van der Waals surface area (Å²) in [4.78, 5) is 28.4. The third-order valence-corrected chi connectivity index (χ3v) is 6.98. The van der Waals surface area contributed by atoms with Crippen LogP contribution in [0.25, 0.3) is 0 Å². The lowest BCUT2D eigenvalue weighted by Gasteiger charge is -2.20. The molecule has 2 aliphatic rings. The molecule has 0 aromatic heterocycles. The lowest BCUT2D eigenvalue weighted by molar-refractivity contribution is -0.148. The maximum Gasteiger partial charge on any atom is 0.306 e. The summed E-state index contributed by atoms with van der Waals surface area (Å²) in [5.74, 6) is -0.0621. The molecule has 0 saturated heterocycles. The summed E-state index contributed by atoms with van der Waals surface area (Å²) in [5.41, 5.74) is 0.319. The second-order valence-electron chi connectivity index (χ2n) is 8.19. The Morgan fingerprint density at radius 2 is 1.84 bits per heavy atom. The third-order valence-electron chi connectivity index (χ3n) is 5.60. The molecule has 0 bridgehead atoms. The number of nitrogens with zero attached hydrogens (tertiary/aromatic N) is 1. The summed E-state index contributed by atoms with van der Waals surface area (Å²) in [6.07, 6.45) is 9.38. The van der Waals surface area contributed by atoms with Gasteiger partial charge in [-0.15, -0.1) is 0 Å². The summed E-state index contributed by atoms with van der Waals surface area (Å²) in [5, 5.41) is 2.59. The molecule has 0 atom stereocenters. The highest BCUT2D eigenvalue weighted by atomic mass is 32.2. The van der Waals surface area contributed by atoms with Gasteiger partial charge >= 0.3 is 5.97 Å². The molecule has 0 unspecified atom stereocenters. The van der Waals surface area contributed by atoms with Crippen LogP contribution < -0.4 is 10.0 Å². The van der Waals surface area contributed by atoms with Crippen LogP contribution in [0.5, 0.6) is 0 Å². The number of rotatable bonds is 7. The Balaban J connectivity index is 1.51. The van der Waals surface area contributed by atoms with Crippen molar-refractivity contribution in [1.82, 2.24) is 4.72 Å². The predicted molar refractivity (Wildman–Crippen MR) is 118 cm³/mol. The molecule has 1 saturated carbocycles. The Bertz CT molecular complexity index is 907. The van der Waals surface area contributed by atoms with E-state index in [2.05, 4.69) is 15.0 Å². The van der Waals surface area contributed by atoms with Crippen LogP contribution in [-0.2, 0) is 24.3 Å². The third kappa shape index (κ3) is 7.65. The number of anilines is 1. The normalized spacial score (nSPS) is 17.9. The fourth-order valence-electron chi connectivity index (χ4n) is 3.94. The van der Waals surface area contributed by atoms with E-state index in [1.165, 1.54) is 18.6 Å². The average Bonchev–Trinajstić information content (AvgIpc) is 3.01. The van der Waals surface area contributed by atoms with Crippen molar-refractivity contribution >= 4 is 33.4 Å². The van der Waals surface area contributed by atoms with Gasteiger partial charge in [0.15, 0.2) is 6.61 Å². The molecule has 1 aliphatic heterocycles. The van der Waals surface area contributed by atoms with Crippen LogP contribution in [-0.4, -0.2) is 39.3 Å². The average molecular weight is 450 g/mol. The topological polar surface area (TPSA) is 114 Å². The summed E-state index contributed by atoms with van der Waals surface area (Å²) in [7, 11) is -3.79. The Morgan fingerprint density at radius 3 is 2.65 bits per heavy atom. The van der Waals surface area contributed by atoms with Gasteiger partial charge in [-0.2, -0.15) is 0 Å². The number of aliphatic imine (C=N–C) groups is 1. The number of carbonyl (C=O) groups excluding carboxylic acids is 2. The second kappa shape index (κ2) is 11.3. The van der Waals surface area contributed by atoms with E-state index in [0.29, 0.717) is 36.8 Å².